The van der Waals surface area contributed by atoms with E-state index in [0.29, 0.717) is 28.8 Å². The molecule has 0 aromatic heterocycles. The zero-order valence-electron chi connectivity index (χ0n) is 12.4. The molecule has 4 aliphatic rings. The molecule has 4 aliphatic carbocycles. The minimum absolute atomic E-state index is 0.296. The molecule has 0 radical (unpaired) electrons. The van der Waals surface area contributed by atoms with Crippen LogP contribution in [0, 0.1) is 29.1 Å². The SMILES string of the molecule is C[C@]12CC[C@@H]3[C@@H](CCC4=CC(=O)CC[C@@H]43)[C@@H]1CC(=O)C2. The average Bonchev–Trinajstić information content (AvgIpc) is 2.72. The van der Waals surface area contributed by atoms with E-state index in [1.165, 1.54) is 24.8 Å². The summed E-state index contributed by atoms with van der Waals surface area (Å²) in [5.74, 6) is 3.63. The van der Waals surface area contributed by atoms with E-state index < -0.39 is 0 Å². The van der Waals surface area contributed by atoms with E-state index in [0.717, 1.165) is 43.9 Å². The molecule has 0 saturated heterocycles. The second-order valence-corrected chi connectivity index (χ2v) is 7.92. The molecule has 2 nitrogen and oxygen atoms in total. The van der Waals surface area contributed by atoms with Gasteiger partial charge >= 0.3 is 0 Å². The molecule has 0 aromatic rings. The molecule has 0 unspecified atom stereocenters. The van der Waals surface area contributed by atoms with Crippen LogP contribution in [0.4, 0.5) is 0 Å². The highest BCUT2D eigenvalue weighted by molar-refractivity contribution is 5.91. The van der Waals surface area contributed by atoms with E-state index in [1.807, 2.05) is 6.08 Å². The summed E-state index contributed by atoms with van der Waals surface area (Å²) in [5.41, 5.74) is 1.74. The maximum atomic E-state index is 12.0. The zero-order valence-corrected chi connectivity index (χ0v) is 12.4. The summed E-state index contributed by atoms with van der Waals surface area (Å²) in [4.78, 5) is 23.6. The molecule has 0 bridgehead atoms. The number of rotatable bonds is 0. The van der Waals surface area contributed by atoms with E-state index in [1.54, 1.807) is 0 Å². The minimum Gasteiger partial charge on any atom is -0.300 e. The number of fused-ring (bicyclic) bond motifs is 5. The van der Waals surface area contributed by atoms with Gasteiger partial charge in [0.1, 0.15) is 5.78 Å². The van der Waals surface area contributed by atoms with Gasteiger partial charge in [-0.1, -0.05) is 12.5 Å². The highest BCUT2D eigenvalue weighted by atomic mass is 16.1. The van der Waals surface area contributed by atoms with Gasteiger partial charge in [-0.25, -0.2) is 0 Å². The first-order valence-corrected chi connectivity index (χ1v) is 8.32. The average molecular weight is 272 g/mol. The lowest BCUT2D eigenvalue weighted by Gasteiger charge is -2.52. The summed E-state index contributed by atoms with van der Waals surface area (Å²) < 4.78 is 0. The smallest absolute Gasteiger partial charge is 0.155 e. The Morgan fingerprint density at radius 1 is 1.10 bits per heavy atom. The van der Waals surface area contributed by atoms with Crippen LogP contribution in [-0.2, 0) is 9.59 Å². The van der Waals surface area contributed by atoms with Gasteiger partial charge in [0.05, 0.1) is 0 Å². The van der Waals surface area contributed by atoms with Crippen molar-refractivity contribution in [2.24, 2.45) is 29.1 Å². The molecule has 0 aromatic carbocycles. The van der Waals surface area contributed by atoms with Crippen molar-refractivity contribution in [3.63, 3.8) is 0 Å². The fraction of sp³-hybridized carbons (Fsp3) is 0.778. The maximum Gasteiger partial charge on any atom is 0.155 e. The highest BCUT2D eigenvalue weighted by Crippen LogP contribution is 2.60. The molecule has 0 heterocycles. The Morgan fingerprint density at radius 3 is 2.80 bits per heavy atom. The third kappa shape index (κ3) is 1.76. The van der Waals surface area contributed by atoms with Crippen LogP contribution in [0.25, 0.3) is 0 Å². The Hall–Kier alpha value is -0.920. The molecule has 0 N–H and O–H groups in total. The molecule has 2 heteroatoms. The lowest BCUT2D eigenvalue weighted by molar-refractivity contribution is -0.118. The number of carbonyl (C=O) groups excluding carboxylic acids is 2. The fourth-order valence-corrected chi connectivity index (χ4v) is 5.96. The van der Waals surface area contributed by atoms with E-state index in [-0.39, 0.29) is 0 Å². The molecule has 0 spiro atoms. The number of hydrogen-bond acceptors (Lipinski definition) is 2. The Balaban J connectivity index is 1.64. The molecule has 4 rings (SSSR count). The molecule has 20 heavy (non-hydrogen) atoms. The topological polar surface area (TPSA) is 34.1 Å². The van der Waals surface area contributed by atoms with Crippen molar-refractivity contribution in [3.8, 4) is 0 Å². The molecule has 0 aliphatic heterocycles. The van der Waals surface area contributed by atoms with Crippen molar-refractivity contribution in [2.75, 3.05) is 0 Å². The highest BCUT2D eigenvalue weighted by Gasteiger charge is 2.54. The normalized spacial score (nSPS) is 47.4. The summed E-state index contributed by atoms with van der Waals surface area (Å²) >= 11 is 0. The van der Waals surface area contributed by atoms with Crippen molar-refractivity contribution in [1.82, 2.24) is 0 Å². The summed E-state index contributed by atoms with van der Waals surface area (Å²) in [6, 6.07) is 0. The van der Waals surface area contributed by atoms with Crippen LogP contribution in [-0.4, -0.2) is 11.6 Å². The standard InChI is InChI=1S/C18H24O2/c1-18-7-6-15-14-5-3-12(19)8-11(14)2-4-16(15)17(18)9-13(20)10-18/h8,14-17H,2-7,9-10H2,1H3/t14-,15-,16+,17-,18+/m0/s1. The molecule has 108 valence electrons. The summed E-state index contributed by atoms with van der Waals surface area (Å²) in [5, 5.41) is 0. The number of hydrogen-bond donors (Lipinski definition) is 0. The van der Waals surface area contributed by atoms with Crippen LogP contribution in [0.2, 0.25) is 0 Å². The quantitative estimate of drug-likeness (QED) is 0.674. The number of Topliss-reactive ketones (excluding diaryl/α,β-unsaturated/α-hetero) is 1. The zero-order chi connectivity index (χ0) is 13.9. The molecule has 5 atom stereocenters. The largest absolute Gasteiger partial charge is 0.300 e. The fourth-order valence-electron chi connectivity index (χ4n) is 5.96. The first-order chi connectivity index (χ1) is 9.57. The molecule has 3 fully saturated rings. The van der Waals surface area contributed by atoms with E-state index in [4.69, 9.17) is 0 Å². The van der Waals surface area contributed by atoms with Crippen molar-refractivity contribution >= 4 is 11.6 Å². The van der Waals surface area contributed by atoms with Crippen LogP contribution >= 0.6 is 0 Å². The van der Waals surface area contributed by atoms with Crippen molar-refractivity contribution in [2.45, 2.75) is 58.3 Å². The predicted molar refractivity (Wildman–Crippen MR) is 77.1 cm³/mol. The number of carbonyl (C=O) groups is 2. The predicted octanol–water partition coefficient (Wildman–Crippen LogP) is 3.70. The Kier molecular flexibility index (Phi) is 2.74. The minimum atomic E-state index is 0.296. The summed E-state index contributed by atoms with van der Waals surface area (Å²) in [6.45, 7) is 2.36. The van der Waals surface area contributed by atoms with Gasteiger partial charge < -0.3 is 0 Å². The van der Waals surface area contributed by atoms with Crippen molar-refractivity contribution in [1.29, 1.82) is 0 Å². The first kappa shape index (κ1) is 12.8. The van der Waals surface area contributed by atoms with Crippen molar-refractivity contribution < 1.29 is 9.59 Å². The van der Waals surface area contributed by atoms with Crippen LogP contribution in [0.3, 0.4) is 0 Å². The molecule has 3 saturated carbocycles. The Morgan fingerprint density at radius 2 is 1.95 bits per heavy atom. The van der Waals surface area contributed by atoms with E-state index in [2.05, 4.69) is 6.92 Å². The van der Waals surface area contributed by atoms with Gasteiger partial charge in [-0.05, 0) is 67.3 Å². The summed E-state index contributed by atoms with van der Waals surface area (Å²) in [6.07, 6.45) is 10.3. The van der Waals surface area contributed by atoms with Crippen LogP contribution in [0.1, 0.15) is 58.3 Å². The first-order valence-electron chi connectivity index (χ1n) is 8.32. The number of allylic oxidation sites excluding steroid dienone is 1. The van der Waals surface area contributed by atoms with Gasteiger partial charge in [-0.3, -0.25) is 9.59 Å². The second kappa shape index (κ2) is 4.29. The van der Waals surface area contributed by atoms with E-state index >= 15 is 0 Å². The third-order valence-corrected chi connectivity index (χ3v) is 6.87. The Bertz CT molecular complexity index is 504. The monoisotopic (exact) mass is 272 g/mol. The van der Waals surface area contributed by atoms with Crippen LogP contribution in [0.5, 0.6) is 0 Å². The lowest BCUT2D eigenvalue weighted by atomic mass is 9.52. The van der Waals surface area contributed by atoms with Crippen molar-refractivity contribution in [3.05, 3.63) is 11.6 Å². The van der Waals surface area contributed by atoms with Gasteiger partial charge in [0.25, 0.3) is 0 Å². The maximum absolute atomic E-state index is 12.0. The van der Waals surface area contributed by atoms with Gasteiger partial charge in [0.15, 0.2) is 5.78 Å². The van der Waals surface area contributed by atoms with Crippen LogP contribution in [0.15, 0.2) is 11.6 Å². The molecular weight excluding hydrogens is 248 g/mol. The van der Waals surface area contributed by atoms with Gasteiger partial charge in [0, 0.05) is 19.3 Å². The molecule has 0 amide bonds. The summed E-state index contributed by atoms with van der Waals surface area (Å²) in [7, 11) is 0. The second-order valence-electron chi connectivity index (χ2n) is 7.92. The van der Waals surface area contributed by atoms with Crippen LogP contribution < -0.4 is 0 Å². The Labute approximate surface area is 121 Å². The molecular formula is C18H24O2. The number of ketones is 2. The van der Waals surface area contributed by atoms with Gasteiger partial charge in [-0.15, -0.1) is 0 Å². The van der Waals surface area contributed by atoms with Gasteiger partial charge in [-0.2, -0.15) is 0 Å². The lowest BCUT2D eigenvalue weighted by Crippen LogP contribution is -2.44. The van der Waals surface area contributed by atoms with E-state index in [9.17, 15) is 9.59 Å². The third-order valence-electron chi connectivity index (χ3n) is 6.87. The van der Waals surface area contributed by atoms with Gasteiger partial charge in [0.2, 0.25) is 0 Å².